The van der Waals surface area contributed by atoms with Gasteiger partial charge in [0.05, 0.1) is 20.4 Å². The minimum atomic E-state index is -0.545. The Labute approximate surface area is 103 Å². The molecule has 0 aliphatic rings. The van der Waals surface area contributed by atoms with Crippen molar-refractivity contribution < 1.29 is 13.9 Å². The van der Waals surface area contributed by atoms with Crippen molar-refractivity contribution in [1.82, 2.24) is 9.97 Å². The van der Waals surface area contributed by atoms with Gasteiger partial charge in [0.1, 0.15) is 5.69 Å². The van der Waals surface area contributed by atoms with Gasteiger partial charge in [-0.2, -0.15) is 0 Å². The molecule has 0 saturated heterocycles. The first-order chi connectivity index (χ1) is 8.65. The maximum atomic E-state index is 13.6. The summed E-state index contributed by atoms with van der Waals surface area (Å²) in [4.78, 5) is 7.45. The van der Waals surface area contributed by atoms with E-state index in [9.17, 15) is 4.39 Å². The van der Waals surface area contributed by atoms with Gasteiger partial charge in [0.15, 0.2) is 17.3 Å². The molecule has 1 aromatic carbocycles. The number of nitrogens with zero attached hydrogens (tertiary/aromatic N) is 2. The smallest absolute Gasteiger partial charge is 0.220 e. The zero-order valence-electron chi connectivity index (χ0n) is 9.98. The van der Waals surface area contributed by atoms with E-state index in [2.05, 4.69) is 9.97 Å². The third-order valence-electron chi connectivity index (χ3n) is 2.42. The Morgan fingerprint density at radius 1 is 1.17 bits per heavy atom. The van der Waals surface area contributed by atoms with Crippen LogP contribution in [0.25, 0.3) is 11.3 Å². The molecular weight excluding hydrogens is 237 g/mol. The van der Waals surface area contributed by atoms with E-state index in [1.54, 1.807) is 18.2 Å². The van der Waals surface area contributed by atoms with Gasteiger partial charge in [-0.15, -0.1) is 0 Å². The number of anilines is 1. The predicted molar refractivity (Wildman–Crippen MR) is 64.9 cm³/mol. The van der Waals surface area contributed by atoms with Gasteiger partial charge in [0, 0.05) is 5.56 Å². The van der Waals surface area contributed by atoms with Crippen LogP contribution in [0.3, 0.4) is 0 Å². The number of benzene rings is 1. The Morgan fingerprint density at radius 3 is 2.56 bits per heavy atom. The molecule has 2 N–H and O–H groups in total. The molecule has 1 heterocycles. The highest BCUT2D eigenvalue weighted by Gasteiger charge is 2.11. The Balaban J connectivity index is 2.54. The van der Waals surface area contributed by atoms with Gasteiger partial charge in [-0.3, -0.25) is 0 Å². The summed E-state index contributed by atoms with van der Waals surface area (Å²) >= 11 is 0. The minimum absolute atomic E-state index is 0.0150. The molecule has 6 heteroatoms. The van der Waals surface area contributed by atoms with Crippen molar-refractivity contribution in [2.24, 2.45) is 0 Å². The highest BCUT2D eigenvalue weighted by Crippen LogP contribution is 2.32. The maximum absolute atomic E-state index is 13.6. The molecule has 0 spiro atoms. The molecule has 18 heavy (non-hydrogen) atoms. The number of aromatic nitrogens is 2. The highest BCUT2D eigenvalue weighted by atomic mass is 19.1. The lowest BCUT2D eigenvalue weighted by Crippen LogP contribution is -1.99. The summed E-state index contributed by atoms with van der Waals surface area (Å²) in [5.41, 5.74) is 6.12. The fourth-order valence-electron chi connectivity index (χ4n) is 1.57. The van der Waals surface area contributed by atoms with Crippen molar-refractivity contribution in [3.05, 3.63) is 30.2 Å². The summed E-state index contributed by atoms with van der Waals surface area (Å²) in [5, 5.41) is 0. The van der Waals surface area contributed by atoms with Crippen LogP contribution in [0.15, 0.2) is 24.4 Å². The fourth-order valence-corrected chi connectivity index (χ4v) is 1.57. The predicted octanol–water partition coefficient (Wildman–Crippen LogP) is 1.88. The summed E-state index contributed by atoms with van der Waals surface area (Å²) in [6.45, 7) is 0. The number of nitrogen functional groups attached to an aromatic ring is 1. The summed E-state index contributed by atoms with van der Waals surface area (Å²) in [5.74, 6) is 0.521. The van der Waals surface area contributed by atoms with E-state index in [0.29, 0.717) is 17.1 Å². The van der Waals surface area contributed by atoms with Gasteiger partial charge in [-0.05, 0) is 18.2 Å². The molecule has 1 aromatic heterocycles. The van der Waals surface area contributed by atoms with E-state index in [0.717, 1.165) is 6.20 Å². The molecule has 94 valence electrons. The second-order valence-corrected chi connectivity index (χ2v) is 3.49. The third-order valence-corrected chi connectivity index (χ3v) is 2.42. The third kappa shape index (κ3) is 2.17. The second kappa shape index (κ2) is 4.87. The molecule has 0 bridgehead atoms. The lowest BCUT2D eigenvalue weighted by molar-refractivity contribution is 0.355. The van der Waals surface area contributed by atoms with Crippen LogP contribution >= 0.6 is 0 Å². The lowest BCUT2D eigenvalue weighted by Gasteiger charge is -2.09. The van der Waals surface area contributed by atoms with E-state index in [1.807, 2.05) is 0 Å². The lowest BCUT2D eigenvalue weighted by atomic mass is 10.1. The molecule has 0 unspecified atom stereocenters. The number of ether oxygens (including phenoxy) is 2. The van der Waals surface area contributed by atoms with Crippen LogP contribution in [0, 0.1) is 5.82 Å². The van der Waals surface area contributed by atoms with Crippen molar-refractivity contribution in [1.29, 1.82) is 0 Å². The van der Waals surface area contributed by atoms with Crippen LogP contribution in [-0.2, 0) is 0 Å². The first-order valence-electron chi connectivity index (χ1n) is 5.16. The molecule has 0 aliphatic heterocycles. The van der Waals surface area contributed by atoms with Crippen molar-refractivity contribution in [3.63, 3.8) is 0 Å². The SMILES string of the molecule is COc1ccc(-c2nc(N)ncc2F)cc1OC. The largest absolute Gasteiger partial charge is 0.493 e. The highest BCUT2D eigenvalue weighted by molar-refractivity contribution is 5.65. The fraction of sp³-hybridized carbons (Fsp3) is 0.167. The van der Waals surface area contributed by atoms with E-state index in [4.69, 9.17) is 15.2 Å². The van der Waals surface area contributed by atoms with Crippen molar-refractivity contribution >= 4 is 5.95 Å². The molecule has 0 saturated carbocycles. The topological polar surface area (TPSA) is 70.3 Å². The van der Waals surface area contributed by atoms with Gasteiger partial charge < -0.3 is 15.2 Å². The normalized spacial score (nSPS) is 10.2. The zero-order chi connectivity index (χ0) is 13.1. The van der Waals surface area contributed by atoms with Gasteiger partial charge in [-0.1, -0.05) is 0 Å². The Bertz CT molecular complexity index is 575. The first-order valence-corrected chi connectivity index (χ1v) is 5.16. The molecule has 0 atom stereocenters. The number of halogens is 1. The molecule has 0 radical (unpaired) electrons. The van der Waals surface area contributed by atoms with Crippen LogP contribution in [0.2, 0.25) is 0 Å². The number of hydrogen-bond acceptors (Lipinski definition) is 5. The van der Waals surface area contributed by atoms with Gasteiger partial charge in [-0.25, -0.2) is 14.4 Å². The summed E-state index contributed by atoms with van der Waals surface area (Å²) in [6, 6.07) is 4.97. The average Bonchev–Trinajstić information content (AvgIpc) is 2.40. The van der Waals surface area contributed by atoms with E-state index < -0.39 is 5.82 Å². The van der Waals surface area contributed by atoms with Gasteiger partial charge in [0.25, 0.3) is 0 Å². The first kappa shape index (κ1) is 12.1. The van der Waals surface area contributed by atoms with Crippen LogP contribution in [0.1, 0.15) is 0 Å². The Hall–Kier alpha value is -2.37. The molecule has 0 amide bonds. The molecule has 2 aromatic rings. The van der Waals surface area contributed by atoms with E-state index in [1.165, 1.54) is 14.2 Å². The van der Waals surface area contributed by atoms with E-state index in [-0.39, 0.29) is 11.6 Å². The minimum Gasteiger partial charge on any atom is -0.493 e. The monoisotopic (exact) mass is 249 g/mol. The number of rotatable bonds is 3. The van der Waals surface area contributed by atoms with Crippen LogP contribution in [0.4, 0.5) is 10.3 Å². The number of nitrogens with two attached hydrogens (primary N) is 1. The van der Waals surface area contributed by atoms with Gasteiger partial charge in [0.2, 0.25) is 5.95 Å². The number of methoxy groups -OCH3 is 2. The van der Waals surface area contributed by atoms with Crippen molar-refractivity contribution in [2.75, 3.05) is 20.0 Å². The molecule has 2 rings (SSSR count). The second-order valence-electron chi connectivity index (χ2n) is 3.49. The molecule has 0 aliphatic carbocycles. The summed E-state index contributed by atoms with van der Waals surface area (Å²) < 4.78 is 23.9. The molecule has 5 nitrogen and oxygen atoms in total. The van der Waals surface area contributed by atoms with Crippen molar-refractivity contribution in [3.8, 4) is 22.8 Å². The standard InChI is InChI=1S/C12H12FN3O2/c1-17-9-4-3-7(5-10(9)18-2)11-8(13)6-15-12(14)16-11/h3-6H,1-2H3,(H2,14,15,16). The molecular formula is C12H12FN3O2. The van der Waals surface area contributed by atoms with Gasteiger partial charge >= 0.3 is 0 Å². The maximum Gasteiger partial charge on any atom is 0.220 e. The zero-order valence-corrected chi connectivity index (χ0v) is 9.98. The number of hydrogen-bond donors (Lipinski definition) is 1. The molecule has 0 fully saturated rings. The van der Waals surface area contributed by atoms with Crippen LogP contribution in [-0.4, -0.2) is 24.2 Å². The average molecular weight is 249 g/mol. The Kier molecular flexibility index (Phi) is 3.27. The van der Waals surface area contributed by atoms with Crippen molar-refractivity contribution in [2.45, 2.75) is 0 Å². The summed E-state index contributed by atoms with van der Waals surface area (Å²) in [7, 11) is 3.03. The van der Waals surface area contributed by atoms with Crippen LogP contribution in [0.5, 0.6) is 11.5 Å². The quantitative estimate of drug-likeness (QED) is 0.899. The Morgan fingerprint density at radius 2 is 1.89 bits per heavy atom. The van der Waals surface area contributed by atoms with E-state index >= 15 is 0 Å². The summed E-state index contributed by atoms with van der Waals surface area (Å²) in [6.07, 6.45) is 1.04. The van der Waals surface area contributed by atoms with Crippen LogP contribution < -0.4 is 15.2 Å².